The molecule has 10 heteroatoms. The molecule has 0 bridgehead atoms. The minimum absolute atomic E-state index is 0. The van der Waals surface area contributed by atoms with Gasteiger partial charge in [0.15, 0.2) is 0 Å². The second-order valence-electron chi connectivity index (χ2n) is 0.634. The highest BCUT2D eigenvalue weighted by Crippen LogP contribution is 1.60. The number of halogens is 1. The fraction of sp³-hybridized carbons (Fsp3) is 0. The van der Waals surface area contributed by atoms with Gasteiger partial charge in [-0.15, -0.1) is 10.1 Å². The third-order valence-electron chi connectivity index (χ3n) is 0. The highest BCUT2D eigenvalue weighted by Gasteiger charge is 1.98. The van der Waals surface area contributed by atoms with Crippen molar-refractivity contribution in [2.45, 2.75) is 0 Å². The van der Waals surface area contributed by atoms with E-state index in [0.29, 0.717) is 0 Å². The van der Waals surface area contributed by atoms with E-state index in [1.807, 2.05) is 0 Å². The maximum Gasteiger partial charge on any atom is 0.291 e. The first-order valence-corrected chi connectivity index (χ1v) is 2.46. The zero-order chi connectivity index (χ0) is 8.08. The fourth-order valence-corrected chi connectivity index (χ4v) is 0. The molecule has 0 rings (SSSR count). The van der Waals surface area contributed by atoms with Crippen molar-refractivity contribution in [3.05, 3.63) is 10.1 Å². The van der Waals surface area contributed by atoms with Crippen LogP contribution in [0.3, 0.4) is 0 Å². The van der Waals surface area contributed by atoms with Crippen molar-refractivity contribution >= 4 is 0 Å². The highest BCUT2D eigenvalue weighted by molar-refractivity contribution is 3.83. The average Bonchev–Trinajstić information content (AvgIpc) is 1.19. The van der Waals surface area contributed by atoms with E-state index in [-0.39, 0.29) is 6.15 Å². The molecule has 0 aliphatic rings. The van der Waals surface area contributed by atoms with Crippen LogP contribution in [0.25, 0.3) is 0 Å². The first kappa shape index (κ1) is 16.1. The summed E-state index contributed by atoms with van der Waals surface area (Å²) in [5.74, 6) is 0. The summed E-state index contributed by atoms with van der Waals surface area (Å²) in [6.45, 7) is 0. The molecule has 0 fully saturated rings. The summed E-state index contributed by atoms with van der Waals surface area (Å²) in [6.07, 6.45) is 0. The molecule has 10 heavy (non-hydrogen) atoms. The van der Waals surface area contributed by atoms with Gasteiger partial charge in [0.05, 0.1) is 14.9 Å². The van der Waals surface area contributed by atoms with Gasteiger partial charge in [-0.25, -0.2) is 0 Å². The zero-order valence-electron chi connectivity index (χ0n) is 4.47. The normalized spacial score (nSPS) is 8.40. The molecule has 64 valence electrons. The standard InChI is InChI=1S/ClHO4.HNO3.H3N/c2-1(3,4)5;2-1(3)4;/h(H,2,3,4,5);(H,2,3,4);1H3. The predicted molar refractivity (Wildman–Crippen MR) is 16.0 cm³/mol. The molecule has 0 heterocycles. The van der Waals surface area contributed by atoms with E-state index in [0.717, 1.165) is 0 Å². The van der Waals surface area contributed by atoms with E-state index in [1.165, 1.54) is 0 Å². The predicted octanol–water partition coefficient (Wildman–Crippen LogP) is -4.31. The van der Waals surface area contributed by atoms with E-state index in [9.17, 15) is 0 Å². The molecular weight excluding hydrogens is 175 g/mol. The van der Waals surface area contributed by atoms with Crippen LogP contribution in [0.15, 0.2) is 0 Å². The third kappa shape index (κ3) is 572. The Morgan fingerprint density at radius 2 is 1.30 bits per heavy atom. The Morgan fingerprint density at radius 3 is 1.30 bits per heavy atom. The Labute approximate surface area is 56.6 Å². The van der Waals surface area contributed by atoms with Crippen LogP contribution in [0.2, 0.25) is 0 Å². The zero-order valence-corrected chi connectivity index (χ0v) is 5.22. The number of hydrogen-bond acceptors (Lipinski definition) is 7. The molecule has 0 amide bonds. The van der Waals surface area contributed by atoms with E-state index < -0.39 is 15.3 Å². The fourth-order valence-electron chi connectivity index (χ4n) is 0. The Hall–Kier alpha value is -0.710. The van der Waals surface area contributed by atoms with Crippen molar-refractivity contribution in [1.29, 1.82) is 0 Å². The van der Waals surface area contributed by atoms with Gasteiger partial charge in [-0.05, 0) is 0 Å². The van der Waals surface area contributed by atoms with Crippen LogP contribution in [-0.4, -0.2) is 15.0 Å². The maximum absolute atomic E-state index is 8.60. The van der Waals surface area contributed by atoms with E-state index in [1.54, 1.807) is 0 Å². The topological polar surface area (TPSA) is 188 Å². The van der Waals surface area contributed by atoms with Crippen molar-refractivity contribution in [3.63, 3.8) is 0 Å². The monoisotopic (exact) mass is 180 g/mol. The molecule has 0 aliphatic heterocycles. The lowest BCUT2D eigenvalue weighted by atomic mass is 13.1. The largest absolute Gasteiger partial charge is 0.344 e. The molecule has 0 aromatic heterocycles. The molecule has 0 radical (unpaired) electrons. The maximum atomic E-state index is 8.60. The Kier molecular flexibility index (Phi) is 10.3. The second kappa shape index (κ2) is 6.41. The van der Waals surface area contributed by atoms with Crippen molar-refractivity contribution in [2.75, 3.05) is 0 Å². The SMILES string of the molecule is N.O=[N+]([O-])O.[O-][Cl+3]([O-])([O-])O. The van der Waals surface area contributed by atoms with Gasteiger partial charge < -0.3 is 11.4 Å². The quantitative estimate of drug-likeness (QED) is 0.246. The van der Waals surface area contributed by atoms with Gasteiger partial charge in [0.2, 0.25) is 0 Å². The summed E-state index contributed by atoms with van der Waals surface area (Å²) in [5, 5.41) is 13.6. The Balaban J connectivity index is -0.0000000910. The van der Waals surface area contributed by atoms with Crippen molar-refractivity contribution in [2.24, 2.45) is 0 Å². The molecule has 0 aliphatic carbocycles. The molecular formula is H5ClN2O7. The Bertz CT molecular complexity index is 74.1. The van der Waals surface area contributed by atoms with Gasteiger partial charge in [0.25, 0.3) is 5.09 Å². The van der Waals surface area contributed by atoms with Crippen molar-refractivity contribution in [1.82, 2.24) is 6.15 Å². The van der Waals surface area contributed by atoms with E-state index >= 15 is 0 Å². The molecule has 0 aromatic rings. The average molecular weight is 180 g/mol. The summed E-state index contributed by atoms with van der Waals surface area (Å²) in [5.41, 5.74) is 0. The lowest BCUT2D eigenvalue weighted by Crippen LogP contribution is -2.58. The van der Waals surface area contributed by atoms with Gasteiger partial charge in [-0.1, -0.05) is 0 Å². The van der Waals surface area contributed by atoms with Gasteiger partial charge in [0, 0.05) is 0 Å². The first-order chi connectivity index (χ1) is 3.73. The smallest absolute Gasteiger partial charge is 0.291 e. The minimum atomic E-state index is -4.69. The molecule has 9 nitrogen and oxygen atoms in total. The molecule has 0 saturated heterocycles. The summed E-state index contributed by atoms with van der Waals surface area (Å²) in [4.78, 5) is 8.36. The highest BCUT2D eigenvalue weighted by atomic mass is 35.7. The summed E-state index contributed by atoms with van der Waals surface area (Å²) >= 11 is 0. The van der Waals surface area contributed by atoms with Crippen molar-refractivity contribution in [3.8, 4) is 0 Å². The molecule has 0 atom stereocenters. The van der Waals surface area contributed by atoms with Gasteiger partial charge >= 0.3 is 0 Å². The number of rotatable bonds is 0. The van der Waals surface area contributed by atoms with Crippen LogP contribution in [0.1, 0.15) is 0 Å². The molecule has 0 spiro atoms. The van der Waals surface area contributed by atoms with E-state index in [2.05, 4.69) is 0 Å². The van der Waals surface area contributed by atoms with Crippen LogP contribution >= 0.6 is 0 Å². The molecule has 0 saturated carbocycles. The van der Waals surface area contributed by atoms with Crippen LogP contribution in [0, 0.1) is 20.4 Å². The van der Waals surface area contributed by atoms with Gasteiger partial charge in [-0.2, -0.15) is 14.0 Å². The van der Waals surface area contributed by atoms with Crippen LogP contribution in [0.4, 0.5) is 0 Å². The molecule has 0 unspecified atom stereocenters. The lowest BCUT2D eigenvalue weighted by Gasteiger charge is -2.03. The molecule has 5 N–H and O–H groups in total. The number of nitrogens with zero attached hydrogens (tertiary/aromatic N) is 1. The van der Waals surface area contributed by atoms with Crippen molar-refractivity contribution < 1.29 is 39.2 Å². The molecule has 0 aromatic carbocycles. The number of hydrogen-bond donors (Lipinski definition) is 3. The van der Waals surface area contributed by atoms with Crippen LogP contribution in [-0.2, 0) is 0 Å². The van der Waals surface area contributed by atoms with E-state index in [4.69, 9.17) is 34.0 Å². The summed E-state index contributed by atoms with van der Waals surface area (Å²) < 4.78 is 32.7. The van der Waals surface area contributed by atoms with Gasteiger partial charge in [-0.3, -0.25) is 0 Å². The van der Waals surface area contributed by atoms with Gasteiger partial charge in [0.1, 0.15) is 0 Å². The lowest BCUT2D eigenvalue weighted by molar-refractivity contribution is -1.92. The Morgan fingerprint density at radius 1 is 1.30 bits per heavy atom. The second-order valence-corrected chi connectivity index (χ2v) is 1.43. The minimum Gasteiger partial charge on any atom is -0.344 e. The first-order valence-electron chi connectivity index (χ1n) is 1.20. The summed E-state index contributed by atoms with van der Waals surface area (Å²) in [6, 6.07) is 0. The van der Waals surface area contributed by atoms with Crippen LogP contribution < -0.4 is 20.1 Å². The summed E-state index contributed by atoms with van der Waals surface area (Å²) in [7, 11) is -4.69. The third-order valence-corrected chi connectivity index (χ3v) is 0. The van der Waals surface area contributed by atoms with Crippen LogP contribution in [0.5, 0.6) is 0 Å².